The number of aromatic nitrogens is 2. The Kier molecular flexibility index (Phi) is 3.04. The lowest BCUT2D eigenvalue weighted by Crippen LogP contribution is -2.04. The van der Waals surface area contributed by atoms with Crippen molar-refractivity contribution in [2.24, 2.45) is 0 Å². The third-order valence-electron chi connectivity index (χ3n) is 2.10. The first-order valence-corrected chi connectivity index (χ1v) is 4.88. The van der Waals surface area contributed by atoms with Gasteiger partial charge in [0.05, 0.1) is 12.4 Å². The van der Waals surface area contributed by atoms with Crippen molar-refractivity contribution >= 4 is 5.97 Å². The van der Waals surface area contributed by atoms with Crippen molar-refractivity contribution in [2.75, 3.05) is 0 Å². The summed E-state index contributed by atoms with van der Waals surface area (Å²) in [6, 6.07) is 1.61. The monoisotopic (exact) mass is 234 g/mol. The van der Waals surface area contributed by atoms with E-state index in [1.165, 1.54) is 18.7 Å². The van der Waals surface area contributed by atoms with Crippen LogP contribution < -0.4 is 4.74 Å². The number of ether oxygens (including phenoxy) is 1. The fourth-order valence-corrected chi connectivity index (χ4v) is 1.32. The van der Waals surface area contributed by atoms with Gasteiger partial charge in [0.25, 0.3) is 0 Å². The van der Waals surface area contributed by atoms with Gasteiger partial charge in [-0.05, 0) is 18.6 Å². The fourth-order valence-electron chi connectivity index (χ4n) is 1.32. The molecule has 0 unspecified atom stereocenters. The van der Waals surface area contributed by atoms with Gasteiger partial charge in [-0.3, -0.25) is 0 Å². The zero-order chi connectivity index (χ0) is 12.3. The zero-order valence-corrected chi connectivity index (χ0v) is 9.08. The minimum absolute atomic E-state index is 0.0217. The van der Waals surface area contributed by atoms with E-state index in [2.05, 4.69) is 9.97 Å². The highest BCUT2D eigenvalue weighted by Crippen LogP contribution is 2.15. The Morgan fingerprint density at radius 1 is 1.53 bits per heavy atom. The maximum Gasteiger partial charge on any atom is 0.354 e. The number of nitrogens with zero attached hydrogens (tertiary/aromatic N) is 2. The number of aryl methyl sites for hydroxylation is 1. The van der Waals surface area contributed by atoms with Gasteiger partial charge >= 0.3 is 5.97 Å². The standard InChI is InChI=1S/C11H10N2O4/c1-7-4-8(5-13-10(7)11(14)15)17-6-9-12-2-3-16-9/h2-5H,6H2,1H3,(H,14,15). The van der Waals surface area contributed by atoms with Crippen molar-refractivity contribution in [3.63, 3.8) is 0 Å². The Bertz CT molecular complexity index is 522. The van der Waals surface area contributed by atoms with Gasteiger partial charge in [0, 0.05) is 0 Å². The number of carbonyl (C=O) groups is 1. The highest BCUT2D eigenvalue weighted by atomic mass is 16.5. The Hall–Kier alpha value is -2.37. The summed E-state index contributed by atoms with van der Waals surface area (Å²) in [6.45, 7) is 1.84. The second-order valence-corrected chi connectivity index (χ2v) is 3.36. The molecule has 2 heterocycles. The highest BCUT2D eigenvalue weighted by molar-refractivity contribution is 5.87. The molecule has 6 heteroatoms. The van der Waals surface area contributed by atoms with E-state index in [9.17, 15) is 4.79 Å². The molecule has 17 heavy (non-hydrogen) atoms. The molecule has 0 aliphatic heterocycles. The molecule has 0 saturated heterocycles. The summed E-state index contributed by atoms with van der Waals surface area (Å²) in [5, 5.41) is 8.81. The van der Waals surface area contributed by atoms with Crippen molar-refractivity contribution in [3.8, 4) is 5.75 Å². The largest absolute Gasteiger partial charge is 0.482 e. The van der Waals surface area contributed by atoms with E-state index < -0.39 is 5.97 Å². The van der Waals surface area contributed by atoms with Crippen LogP contribution in [0.3, 0.4) is 0 Å². The summed E-state index contributed by atoms with van der Waals surface area (Å²) in [7, 11) is 0. The van der Waals surface area contributed by atoms with Crippen LogP contribution in [-0.2, 0) is 6.61 Å². The van der Waals surface area contributed by atoms with Gasteiger partial charge in [0.1, 0.15) is 12.0 Å². The molecule has 0 aromatic carbocycles. The average Bonchev–Trinajstić information content (AvgIpc) is 2.78. The van der Waals surface area contributed by atoms with Crippen LogP contribution in [0.2, 0.25) is 0 Å². The maximum absolute atomic E-state index is 10.7. The number of carboxylic acid groups (broad SMARTS) is 1. The molecule has 0 fully saturated rings. The summed E-state index contributed by atoms with van der Waals surface area (Å²) >= 11 is 0. The van der Waals surface area contributed by atoms with Gasteiger partial charge in [-0.25, -0.2) is 14.8 Å². The Morgan fingerprint density at radius 2 is 2.35 bits per heavy atom. The summed E-state index contributed by atoms with van der Waals surface area (Å²) < 4.78 is 10.4. The first kappa shape index (κ1) is 11.1. The van der Waals surface area contributed by atoms with E-state index in [4.69, 9.17) is 14.3 Å². The number of hydrogen-bond acceptors (Lipinski definition) is 5. The predicted molar refractivity (Wildman–Crippen MR) is 56.8 cm³/mol. The highest BCUT2D eigenvalue weighted by Gasteiger charge is 2.09. The lowest BCUT2D eigenvalue weighted by Gasteiger charge is -2.05. The summed E-state index contributed by atoms with van der Waals surface area (Å²) in [5.74, 6) is -0.127. The normalized spacial score (nSPS) is 10.2. The van der Waals surface area contributed by atoms with Gasteiger partial charge < -0.3 is 14.3 Å². The van der Waals surface area contributed by atoms with Crippen LogP contribution in [-0.4, -0.2) is 21.0 Å². The molecule has 0 bridgehead atoms. The van der Waals surface area contributed by atoms with Gasteiger partial charge in [-0.15, -0.1) is 0 Å². The minimum atomic E-state index is -1.05. The van der Waals surface area contributed by atoms with Crippen LogP contribution in [0.4, 0.5) is 0 Å². The average molecular weight is 234 g/mol. The molecule has 0 radical (unpaired) electrons. The van der Waals surface area contributed by atoms with Crippen LogP contribution in [0, 0.1) is 6.92 Å². The molecule has 88 valence electrons. The number of oxazole rings is 1. The van der Waals surface area contributed by atoms with Crippen molar-refractivity contribution < 1.29 is 19.1 Å². The van der Waals surface area contributed by atoms with Crippen LogP contribution in [0.1, 0.15) is 21.9 Å². The summed E-state index contributed by atoms with van der Waals surface area (Å²) in [6.07, 6.45) is 4.34. The topological polar surface area (TPSA) is 85.5 Å². The van der Waals surface area contributed by atoms with Gasteiger partial charge in [0.2, 0.25) is 5.89 Å². The lowest BCUT2D eigenvalue weighted by molar-refractivity contribution is 0.0689. The number of rotatable bonds is 4. The maximum atomic E-state index is 10.7. The van der Waals surface area contributed by atoms with Crippen LogP contribution in [0.5, 0.6) is 5.75 Å². The Labute approximate surface area is 96.9 Å². The molecule has 0 aliphatic carbocycles. The smallest absolute Gasteiger partial charge is 0.354 e. The number of carboxylic acids is 1. The van der Waals surface area contributed by atoms with E-state index in [0.29, 0.717) is 17.2 Å². The molecular weight excluding hydrogens is 224 g/mol. The van der Waals surface area contributed by atoms with Gasteiger partial charge in [-0.2, -0.15) is 0 Å². The quantitative estimate of drug-likeness (QED) is 0.865. The molecule has 0 atom stereocenters. The van der Waals surface area contributed by atoms with Crippen molar-refractivity contribution in [2.45, 2.75) is 13.5 Å². The Balaban J connectivity index is 2.07. The minimum Gasteiger partial charge on any atom is -0.482 e. The first-order chi connectivity index (χ1) is 8.16. The Morgan fingerprint density at radius 3 is 2.94 bits per heavy atom. The SMILES string of the molecule is Cc1cc(OCc2ncco2)cnc1C(=O)O. The zero-order valence-electron chi connectivity index (χ0n) is 9.08. The van der Waals surface area contributed by atoms with Crippen LogP contribution in [0.15, 0.2) is 29.1 Å². The van der Waals surface area contributed by atoms with E-state index in [1.54, 1.807) is 13.0 Å². The molecule has 0 aliphatic rings. The molecule has 2 aromatic heterocycles. The lowest BCUT2D eigenvalue weighted by atomic mass is 10.2. The first-order valence-electron chi connectivity index (χ1n) is 4.88. The van der Waals surface area contributed by atoms with Crippen molar-refractivity contribution in [1.29, 1.82) is 0 Å². The van der Waals surface area contributed by atoms with E-state index >= 15 is 0 Å². The second-order valence-electron chi connectivity index (χ2n) is 3.36. The van der Waals surface area contributed by atoms with Gasteiger partial charge in [-0.1, -0.05) is 0 Å². The van der Waals surface area contributed by atoms with E-state index in [1.807, 2.05) is 0 Å². The molecule has 0 saturated carbocycles. The summed E-state index contributed by atoms with van der Waals surface area (Å²) in [4.78, 5) is 18.4. The van der Waals surface area contributed by atoms with Crippen LogP contribution >= 0.6 is 0 Å². The van der Waals surface area contributed by atoms with Crippen molar-refractivity contribution in [3.05, 3.63) is 41.9 Å². The molecule has 0 amide bonds. The van der Waals surface area contributed by atoms with E-state index in [-0.39, 0.29) is 12.3 Å². The number of aromatic carboxylic acids is 1. The van der Waals surface area contributed by atoms with E-state index in [0.717, 1.165) is 0 Å². The molecule has 0 spiro atoms. The fraction of sp³-hybridized carbons (Fsp3) is 0.182. The third kappa shape index (κ3) is 2.60. The number of hydrogen-bond donors (Lipinski definition) is 1. The predicted octanol–water partition coefficient (Wildman–Crippen LogP) is 1.66. The third-order valence-corrected chi connectivity index (χ3v) is 2.10. The number of pyridine rings is 1. The molecule has 6 nitrogen and oxygen atoms in total. The van der Waals surface area contributed by atoms with Crippen LogP contribution in [0.25, 0.3) is 0 Å². The molecule has 2 rings (SSSR count). The molecule has 2 aromatic rings. The van der Waals surface area contributed by atoms with Crippen molar-refractivity contribution in [1.82, 2.24) is 9.97 Å². The molecular formula is C11H10N2O4. The summed E-state index contributed by atoms with van der Waals surface area (Å²) in [5.41, 5.74) is 0.566. The molecule has 1 N–H and O–H groups in total. The van der Waals surface area contributed by atoms with Gasteiger partial charge in [0.15, 0.2) is 12.3 Å². The second kappa shape index (κ2) is 4.65.